The second-order valence-corrected chi connectivity index (χ2v) is 7.73. The molecule has 164 valence electrons. The highest BCUT2D eigenvalue weighted by Gasteiger charge is 2.25. The molecular weight excluding hydrogens is 404 g/mol. The molecule has 1 N–H and O–H groups in total. The van der Waals surface area contributed by atoms with E-state index in [1.165, 1.54) is 0 Å². The number of amides is 2. The lowest BCUT2D eigenvalue weighted by atomic mass is 9.97. The van der Waals surface area contributed by atoms with Crippen LogP contribution >= 0.6 is 0 Å². The largest absolute Gasteiger partial charge is 0.457 e. The number of ether oxygens (including phenoxy) is 2. The van der Waals surface area contributed by atoms with E-state index in [2.05, 4.69) is 5.32 Å². The molecule has 4 rings (SSSR count). The van der Waals surface area contributed by atoms with Crippen LogP contribution in [-0.4, -0.2) is 36.5 Å². The first kappa shape index (κ1) is 21.4. The van der Waals surface area contributed by atoms with E-state index in [4.69, 9.17) is 9.47 Å². The lowest BCUT2D eigenvalue weighted by Gasteiger charge is -2.31. The lowest BCUT2D eigenvalue weighted by molar-refractivity contribution is 0.0929. The van der Waals surface area contributed by atoms with Crippen molar-refractivity contribution in [1.29, 1.82) is 0 Å². The van der Waals surface area contributed by atoms with E-state index < -0.39 is 0 Å². The molecule has 1 heterocycles. The topological polar surface area (TPSA) is 67.9 Å². The number of piperidine rings is 1. The van der Waals surface area contributed by atoms with Crippen molar-refractivity contribution < 1.29 is 19.1 Å². The molecule has 1 aliphatic rings. The number of nitrogens with zero attached hydrogens (tertiary/aromatic N) is 1. The molecule has 0 saturated carbocycles. The van der Waals surface area contributed by atoms with Crippen LogP contribution in [0, 0.1) is 5.92 Å². The van der Waals surface area contributed by atoms with Gasteiger partial charge in [0.1, 0.15) is 17.2 Å². The third-order valence-electron chi connectivity index (χ3n) is 5.48. The van der Waals surface area contributed by atoms with Crippen molar-refractivity contribution in [2.24, 2.45) is 5.92 Å². The molecule has 32 heavy (non-hydrogen) atoms. The molecule has 1 aliphatic heterocycles. The first-order chi connectivity index (χ1) is 15.7. The second-order valence-electron chi connectivity index (χ2n) is 7.73. The van der Waals surface area contributed by atoms with Crippen LogP contribution in [0.1, 0.15) is 23.2 Å². The Morgan fingerprint density at radius 3 is 2.09 bits per heavy atom. The fourth-order valence-electron chi connectivity index (χ4n) is 3.66. The van der Waals surface area contributed by atoms with Gasteiger partial charge in [-0.1, -0.05) is 48.5 Å². The van der Waals surface area contributed by atoms with Crippen LogP contribution in [0.15, 0.2) is 84.9 Å². The maximum atomic E-state index is 12.8. The third-order valence-corrected chi connectivity index (χ3v) is 5.48. The zero-order valence-corrected chi connectivity index (χ0v) is 17.8. The predicted molar refractivity (Wildman–Crippen MR) is 122 cm³/mol. The van der Waals surface area contributed by atoms with E-state index in [-0.39, 0.29) is 12.0 Å². The summed E-state index contributed by atoms with van der Waals surface area (Å²) in [4.78, 5) is 26.8. The van der Waals surface area contributed by atoms with Crippen LogP contribution in [0.5, 0.6) is 17.2 Å². The van der Waals surface area contributed by atoms with Gasteiger partial charge in [-0.3, -0.25) is 4.79 Å². The minimum absolute atomic E-state index is 0.164. The Bertz CT molecular complexity index is 1030. The quantitative estimate of drug-likeness (QED) is 0.589. The summed E-state index contributed by atoms with van der Waals surface area (Å²) in [6.45, 7) is 1.78. The number of likely N-dealkylation sites (tertiary alicyclic amines) is 1. The number of carbonyl (C=O) groups is 2. The fourth-order valence-corrected chi connectivity index (χ4v) is 3.66. The van der Waals surface area contributed by atoms with Crippen molar-refractivity contribution in [2.45, 2.75) is 12.8 Å². The molecule has 3 aromatic rings. The predicted octanol–water partition coefficient (Wildman–Crippen LogP) is 5.12. The standard InChI is InChI=1S/C26H26N2O4/c29-25(23-13-7-8-14-24(23)31-21-9-3-1-4-10-21)27-19-20-15-17-28(18-16-20)26(30)32-22-11-5-2-6-12-22/h1-14,20H,15-19H2,(H,27,29). The zero-order valence-electron chi connectivity index (χ0n) is 17.8. The first-order valence-corrected chi connectivity index (χ1v) is 10.8. The fraction of sp³-hybridized carbons (Fsp3) is 0.231. The van der Waals surface area contributed by atoms with Crippen LogP contribution < -0.4 is 14.8 Å². The Kier molecular flexibility index (Phi) is 7.02. The van der Waals surface area contributed by atoms with Gasteiger partial charge in [0.2, 0.25) is 0 Å². The molecular formula is C26H26N2O4. The summed E-state index contributed by atoms with van der Waals surface area (Å²) in [6.07, 6.45) is 1.30. The lowest BCUT2D eigenvalue weighted by Crippen LogP contribution is -2.42. The second kappa shape index (κ2) is 10.5. The summed E-state index contributed by atoms with van der Waals surface area (Å²) in [5.74, 6) is 1.89. The van der Waals surface area contributed by atoms with Crippen molar-refractivity contribution >= 4 is 12.0 Å². The van der Waals surface area contributed by atoms with Crippen molar-refractivity contribution in [1.82, 2.24) is 10.2 Å². The van der Waals surface area contributed by atoms with Gasteiger partial charge in [0.15, 0.2) is 0 Å². The van der Waals surface area contributed by atoms with E-state index in [1.54, 1.807) is 29.2 Å². The molecule has 0 aliphatic carbocycles. The maximum absolute atomic E-state index is 12.8. The highest BCUT2D eigenvalue weighted by atomic mass is 16.6. The molecule has 0 spiro atoms. The molecule has 0 aromatic heterocycles. The summed E-state index contributed by atoms with van der Waals surface area (Å²) in [7, 11) is 0. The number of hydrogen-bond donors (Lipinski definition) is 1. The van der Waals surface area contributed by atoms with Gasteiger partial charge in [0.25, 0.3) is 5.91 Å². The van der Waals surface area contributed by atoms with Crippen molar-refractivity contribution in [3.05, 3.63) is 90.5 Å². The van der Waals surface area contributed by atoms with Gasteiger partial charge in [0, 0.05) is 19.6 Å². The number of carbonyl (C=O) groups excluding carboxylic acids is 2. The van der Waals surface area contributed by atoms with Crippen molar-refractivity contribution in [2.75, 3.05) is 19.6 Å². The summed E-state index contributed by atoms with van der Waals surface area (Å²) in [6, 6.07) is 25.7. The monoisotopic (exact) mass is 430 g/mol. The molecule has 0 bridgehead atoms. The van der Waals surface area contributed by atoms with Gasteiger partial charge in [0.05, 0.1) is 5.56 Å². The molecule has 6 heteroatoms. The number of hydrogen-bond acceptors (Lipinski definition) is 4. The van der Waals surface area contributed by atoms with Gasteiger partial charge >= 0.3 is 6.09 Å². The van der Waals surface area contributed by atoms with E-state index in [1.807, 2.05) is 60.7 Å². The molecule has 3 aromatic carbocycles. The maximum Gasteiger partial charge on any atom is 0.415 e. The number of para-hydroxylation sites is 3. The summed E-state index contributed by atoms with van der Waals surface area (Å²) >= 11 is 0. The van der Waals surface area contributed by atoms with Crippen LogP contribution in [0.25, 0.3) is 0 Å². The molecule has 0 radical (unpaired) electrons. The zero-order chi connectivity index (χ0) is 22.2. The van der Waals surface area contributed by atoms with Gasteiger partial charge in [-0.25, -0.2) is 4.79 Å². The summed E-state index contributed by atoms with van der Waals surface area (Å²) < 4.78 is 11.3. The number of benzene rings is 3. The van der Waals surface area contributed by atoms with Crippen LogP contribution in [-0.2, 0) is 0 Å². The Hall–Kier alpha value is -3.80. The van der Waals surface area contributed by atoms with Crippen molar-refractivity contribution in [3.63, 3.8) is 0 Å². The Morgan fingerprint density at radius 2 is 1.41 bits per heavy atom. The Balaban J connectivity index is 1.26. The van der Waals surface area contributed by atoms with Gasteiger partial charge in [-0.05, 0) is 55.2 Å². The van der Waals surface area contributed by atoms with Gasteiger partial charge < -0.3 is 19.7 Å². The van der Waals surface area contributed by atoms with Crippen LogP contribution in [0.3, 0.4) is 0 Å². The van der Waals surface area contributed by atoms with Crippen molar-refractivity contribution in [3.8, 4) is 17.2 Å². The van der Waals surface area contributed by atoms with Crippen LogP contribution in [0.4, 0.5) is 4.79 Å². The normalized spacial score (nSPS) is 13.9. The van der Waals surface area contributed by atoms with Gasteiger partial charge in [-0.2, -0.15) is 0 Å². The first-order valence-electron chi connectivity index (χ1n) is 10.8. The molecule has 1 saturated heterocycles. The van der Waals surface area contributed by atoms with Crippen LogP contribution in [0.2, 0.25) is 0 Å². The number of rotatable bonds is 6. The minimum Gasteiger partial charge on any atom is -0.457 e. The molecule has 6 nitrogen and oxygen atoms in total. The molecule has 2 amide bonds. The van der Waals surface area contributed by atoms with E-state index >= 15 is 0 Å². The molecule has 0 atom stereocenters. The molecule has 0 unspecified atom stereocenters. The average Bonchev–Trinajstić information content (AvgIpc) is 2.84. The Morgan fingerprint density at radius 1 is 0.812 bits per heavy atom. The van der Waals surface area contributed by atoms with E-state index in [0.717, 1.165) is 12.8 Å². The molecule has 1 fully saturated rings. The van der Waals surface area contributed by atoms with Gasteiger partial charge in [-0.15, -0.1) is 0 Å². The minimum atomic E-state index is -0.328. The SMILES string of the molecule is O=C(NCC1CCN(C(=O)Oc2ccccc2)CC1)c1ccccc1Oc1ccccc1. The number of nitrogens with one attached hydrogen (secondary N) is 1. The highest BCUT2D eigenvalue weighted by molar-refractivity contribution is 5.97. The van der Waals surface area contributed by atoms with E-state index in [9.17, 15) is 9.59 Å². The summed E-state index contributed by atoms with van der Waals surface area (Å²) in [5.41, 5.74) is 0.500. The third kappa shape index (κ3) is 5.66. The van der Waals surface area contributed by atoms with E-state index in [0.29, 0.717) is 48.4 Å². The summed E-state index contributed by atoms with van der Waals surface area (Å²) in [5, 5.41) is 3.03. The Labute approximate surface area is 187 Å². The highest BCUT2D eigenvalue weighted by Crippen LogP contribution is 2.25. The average molecular weight is 431 g/mol. The smallest absolute Gasteiger partial charge is 0.415 e.